The van der Waals surface area contributed by atoms with Gasteiger partial charge in [0.1, 0.15) is 18.0 Å². The number of carbonyl (C=O) groups excluding carboxylic acids is 1. The van der Waals surface area contributed by atoms with Gasteiger partial charge in [0.15, 0.2) is 12.1 Å². The van der Waals surface area contributed by atoms with Gasteiger partial charge in [-0.05, 0) is 24.3 Å². The van der Waals surface area contributed by atoms with Crippen LogP contribution < -0.4 is 4.74 Å². The largest absolute Gasteiger partial charge is 0.497 e. The topological polar surface area (TPSA) is 116 Å². The number of aliphatic hydroxyl groups excluding tert-OH is 4. The van der Waals surface area contributed by atoms with Crippen molar-refractivity contribution in [1.82, 2.24) is 0 Å². The lowest BCUT2D eigenvalue weighted by atomic mass is 9.86. The van der Waals surface area contributed by atoms with Crippen molar-refractivity contribution in [3.8, 4) is 5.75 Å². The van der Waals surface area contributed by atoms with Crippen LogP contribution in [0.25, 0.3) is 0 Å². The SMILES string of the molecule is COc1ccc(C(=O)C[C@@H]2C(O)O[C@H](CO)[C@@H](O)[C@@H]2O)cc1. The van der Waals surface area contributed by atoms with Crippen molar-refractivity contribution >= 4 is 5.78 Å². The van der Waals surface area contributed by atoms with Crippen molar-refractivity contribution < 1.29 is 34.7 Å². The van der Waals surface area contributed by atoms with Crippen LogP contribution in [-0.2, 0) is 4.74 Å². The molecule has 122 valence electrons. The van der Waals surface area contributed by atoms with Crippen molar-refractivity contribution in [2.24, 2.45) is 5.92 Å². The van der Waals surface area contributed by atoms with E-state index < -0.39 is 37.1 Å². The van der Waals surface area contributed by atoms with E-state index in [2.05, 4.69) is 0 Å². The van der Waals surface area contributed by atoms with Gasteiger partial charge in [-0.15, -0.1) is 0 Å². The molecule has 0 bridgehead atoms. The molecule has 0 radical (unpaired) electrons. The lowest BCUT2D eigenvalue weighted by molar-refractivity contribution is -0.268. The fourth-order valence-electron chi connectivity index (χ4n) is 2.48. The van der Waals surface area contributed by atoms with Crippen molar-refractivity contribution in [3.05, 3.63) is 29.8 Å². The standard InChI is InChI=1S/C15H20O7/c1-21-9-4-2-8(3-5-9)11(17)6-10-13(18)14(19)12(7-16)22-15(10)20/h2-5,10,12-16,18-20H,6-7H2,1H3/t10-,12+,13+,14+,15?/m0/s1. The summed E-state index contributed by atoms with van der Waals surface area (Å²) in [5.41, 5.74) is 0.402. The Bertz CT molecular complexity index is 501. The number of ether oxygens (including phenoxy) is 2. The normalized spacial score (nSPS) is 31.8. The number of ketones is 1. The fraction of sp³-hybridized carbons (Fsp3) is 0.533. The highest BCUT2D eigenvalue weighted by atomic mass is 16.6. The number of carbonyl (C=O) groups is 1. The van der Waals surface area contributed by atoms with E-state index in [1.165, 1.54) is 7.11 Å². The second kappa shape index (κ2) is 7.17. The lowest BCUT2D eigenvalue weighted by Crippen LogP contribution is -2.56. The van der Waals surface area contributed by atoms with Gasteiger partial charge in [0, 0.05) is 17.9 Å². The Morgan fingerprint density at radius 2 is 1.82 bits per heavy atom. The Labute approximate surface area is 127 Å². The van der Waals surface area contributed by atoms with Crippen LogP contribution in [0, 0.1) is 5.92 Å². The van der Waals surface area contributed by atoms with Crippen LogP contribution >= 0.6 is 0 Å². The molecule has 0 spiro atoms. The van der Waals surface area contributed by atoms with Crippen LogP contribution in [0.4, 0.5) is 0 Å². The van der Waals surface area contributed by atoms with Gasteiger partial charge in [-0.25, -0.2) is 0 Å². The molecule has 1 aromatic rings. The smallest absolute Gasteiger partial charge is 0.163 e. The van der Waals surface area contributed by atoms with Crippen LogP contribution in [0.2, 0.25) is 0 Å². The molecule has 1 unspecified atom stereocenters. The highest BCUT2D eigenvalue weighted by Crippen LogP contribution is 2.28. The van der Waals surface area contributed by atoms with Crippen LogP contribution in [0.1, 0.15) is 16.8 Å². The molecule has 1 heterocycles. The van der Waals surface area contributed by atoms with Crippen LogP contribution in [-0.4, -0.2) is 64.5 Å². The number of aliphatic hydroxyl groups is 4. The first kappa shape index (κ1) is 16.9. The maximum Gasteiger partial charge on any atom is 0.163 e. The average molecular weight is 312 g/mol. The maximum absolute atomic E-state index is 12.2. The molecular formula is C15H20O7. The Balaban J connectivity index is 2.06. The summed E-state index contributed by atoms with van der Waals surface area (Å²) in [6.07, 6.45) is -5.41. The summed E-state index contributed by atoms with van der Waals surface area (Å²) in [6, 6.07) is 6.43. The highest BCUT2D eigenvalue weighted by Gasteiger charge is 2.44. The van der Waals surface area contributed by atoms with E-state index in [4.69, 9.17) is 14.6 Å². The molecule has 1 aliphatic rings. The van der Waals surface area contributed by atoms with E-state index in [0.29, 0.717) is 11.3 Å². The van der Waals surface area contributed by atoms with Gasteiger partial charge in [0.05, 0.1) is 19.8 Å². The minimum Gasteiger partial charge on any atom is -0.497 e. The summed E-state index contributed by atoms with van der Waals surface area (Å²) in [5, 5.41) is 38.7. The van der Waals surface area contributed by atoms with Gasteiger partial charge in [0.2, 0.25) is 0 Å². The van der Waals surface area contributed by atoms with E-state index in [-0.39, 0.29) is 12.2 Å². The van der Waals surface area contributed by atoms with Gasteiger partial charge >= 0.3 is 0 Å². The highest BCUT2D eigenvalue weighted by molar-refractivity contribution is 5.96. The Kier molecular flexibility index (Phi) is 5.49. The average Bonchev–Trinajstić information content (AvgIpc) is 2.54. The number of methoxy groups -OCH3 is 1. The first-order chi connectivity index (χ1) is 10.5. The molecule has 0 aromatic heterocycles. The molecule has 4 N–H and O–H groups in total. The number of Topliss-reactive ketones (excluding diaryl/α,β-unsaturated/α-hetero) is 1. The minimum atomic E-state index is -1.43. The third kappa shape index (κ3) is 3.45. The second-order valence-electron chi connectivity index (χ2n) is 5.25. The van der Waals surface area contributed by atoms with Gasteiger partial charge in [0.25, 0.3) is 0 Å². The van der Waals surface area contributed by atoms with Gasteiger partial charge in [-0.2, -0.15) is 0 Å². The van der Waals surface area contributed by atoms with Gasteiger partial charge < -0.3 is 29.9 Å². The predicted molar refractivity (Wildman–Crippen MR) is 75.4 cm³/mol. The Hall–Kier alpha value is -1.51. The van der Waals surface area contributed by atoms with Crippen molar-refractivity contribution in [2.75, 3.05) is 13.7 Å². The lowest BCUT2D eigenvalue weighted by Gasteiger charge is -2.39. The van der Waals surface area contributed by atoms with E-state index in [1.807, 2.05) is 0 Å². The molecule has 7 nitrogen and oxygen atoms in total. The zero-order chi connectivity index (χ0) is 16.3. The summed E-state index contributed by atoms with van der Waals surface area (Å²) < 4.78 is 10.0. The van der Waals surface area contributed by atoms with Crippen LogP contribution in [0.5, 0.6) is 5.75 Å². The third-order valence-corrected chi connectivity index (χ3v) is 3.86. The monoisotopic (exact) mass is 312 g/mol. The zero-order valence-corrected chi connectivity index (χ0v) is 12.1. The minimum absolute atomic E-state index is 0.191. The van der Waals surface area contributed by atoms with Crippen LogP contribution in [0.15, 0.2) is 24.3 Å². The molecule has 22 heavy (non-hydrogen) atoms. The zero-order valence-electron chi connectivity index (χ0n) is 12.1. The van der Waals surface area contributed by atoms with Crippen molar-refractivity contribution in [1.29, 1.82) is 0 Å². The summed E-state index contributed by atoms with van der Waals surface area (Å²) in [6.45, 7) is -0.533. The fourth-order valence-corrected chi connectivity index (χ4v) is 2.48. The number of hydrogen-bond acceptors (Lipinski definition) is 7. The first-order valence-electron chi connectivity index (χ1n) is 6.95. The molecule has 0 amide bonds. The molecule has 2 rings (SSSR count). The first-order valence-corrected chi connectivity index (χ1v) is 6.95. The molecule has 0 saturated carbocycles. The molecule has 1 fully saturated rings. The van der Waals surface area contributed by atoms with E-state index >= 15 is 0 Å². The van der Waals surface area contributed by atoms with E-state index in [9.17, 15) is 20.1 Å². The molecule has 1 saturated heterocycles. The third-order valence-electron chi connectivity index (χ3n) is 3.86. The van der Waals surface area contributed by atoms with E-state index in [1.54, 1.807) is 24.3 Å². The van der Waals surface area contributed by atoms with Crippen molar-refractivity contribution in [2.45, 2.75) is 31.0 Å². The maximum atomic E-state index is 12.2. The number of hydrogen-bond donors (Lipinski definition) is 4. The van der Waals surface area contributed by atoms with Gasteiger partial charge in [-0.3, -0.25) is 4.79 Å². The quantitative estimate of drug-likeness (QED) is 0.532. The molecule has 0 aliphatic carbocycles. The molecule has 5 atom stereocenters. The number of benzene rings is 1. The Morgan fingerprint density at radius 1 is 1.18 bits per heavy atom. The Morgan fingerprint density at radius 3 is 2.36 bits per heavy atom. The van der Waals surface area contributed by atoms with Crippen LogP contribution in [0.3, 0.4) is 0 Å². The van der Waals surface area contributed by atoms with Crippen molar-refractivity contribution in [3.63, 3.8) is 0 Å². The summed E-state index contributed by atoms with van der Waals surface area (Å²) in [5.74, 6) is -0.657. The summed E-state index contributed by atoms with van der Waals surface area (Å²) >= 11 is 0. The summed E-state index contributed by atoms with van der Waals surface area (Å²) in [7, 11) is 1.52. The molecular weight excluding hydrogens is 292 g/mol. The second-order valence-corrected chi connectivity index (χ2v) is 5.25. The molecule has 1 aliphatic heterocycles. The molecule has 7 heteroatoms. The summed E-state index contributed by atoms with van der Waals surface area (Å²) in [4.78, 5) is 12.2. The van der Waals surface area contributed by atoms with E-state index in [0.717, 1.165) is 0 Å². The predicted octanol–water partition coefficient (Wildman–Crippen LogP) is -0.685. The van der Waals surface area contributed by atoms with Gasteiger partial charge in [-0.1, -0.05) is 0 Å². The number of rotatable bonds is 5. The molecule has 1 aromatic carbocycles.